The van der Waals surface area contributed by atoms with Crippen LogP contribution in [-0.4, -0.2) is 20.8 Å². The monoisotopic (exact) mass is 372 g/mol. The Labute approximate surface area is 156 Å². The minimum absolute atomic E-state index is 0.0365. The Morgan fingerprint density at radius 3 is 2.89 bits per heavy atom. The van der Waals surface area contributed by atoms with Gasteiger partial charge in [0.15, 0.2) is 5.69 Å². The Morgan fingerprint density at radius 2 is 2.15 bits per heavy atom. The lowest BCUT2D eigenvalue weighted by atomic mass is 10.2. The van der Waals surface area contributed by atoms with Crippen molar-refractivity contribution in [3.05, 3.63) is 58.9 Å². The minimum Gasteiger partial charge on any atom is -0.489 e. The van der Waals surface area contributed by atoms with Crippen LogP contribution >= 0.6 is 0 Å². The first-order valence-corrected chi connectivity index (χ1v) is 8.67. The maximum atomic E-state index is 13.3. The molecule has 1 amide bonds. The van der Waals surface area contributed by atoms with Crippen molar-refractivity contribution >= 4 is 11.7 Å². The molecule has 0 saturated heterocycles. The summed E-state index contributed by atoms with van der Waals surface area (Å²) in [6.07, 6.45) is 0.889. The summed E-state index contributed by atoms with van der Waals surface area (Å²) in [7, 11) is 0. The molecule has 0 spiro atoms. The molecule has 0 aliphatic carbocycles. The summed E-state index contributed by atoms with van der Waals surface area (Å²) in [6, 6.07) is 7.59. The molecule has 27 heavy (non-hydrogen) atoms. The summed E-state index contributed by atoms with van der Waals surface area (Å²) >= 11 is 0. The number of hydrogen-bond donors (Lipinski definition) is 1. The predicted molar refractivity (Wildman–Crippen MR) is 97.2 cm³/mol. The van der Waals surface area contributed by atoms with Crippen LogP contribution in [0.4, 0.5) is 10.2 Å². The molecule has 0 aliphatic heterocycles. The molecular formula is C19H21FN4O3. The van der Waals surface area contributed by atoms with E-state index in [-0.39, 0.29) is 12.3 Å². The number of rotatable bonds is 7. The number of aryl methyl sites for hydroxylation is 3. The van der Waals surface area contributed by atoms with Gasteiger partial charge in [-0.05, 0) is 32.4 Å². The second-order valence-corrected chi connectivity index (χ2v) is 6.16. The van der Waals surface area contributed by atoms with Crippen LogP contribution in [0.1, 0.15) is 40.9 Å². The molecule has 0 bridgehead atoms. The molecule has 0 saturated carbocycles. The number of nitrogens with zero attached hydrogens (tertiary/aromatic N) is 3. The molecule has 0 fully saturated rings. The highest BCUT2D eigenvalue weighted by Crippen LogP contribution is 2.20. The summed E-state index contributed by atoms with van der Waals surface area (Å²) in [5.74, 6) is 0.611. The largest absolute Gasteiger partial charge is 0.489 e. The van der Waals surface area contributed by atoms with Gasteiger partial charge >= 0.3 is 0 Å². The molecule has 142 valence electrons. The number of amides is 1. The molecule has 3 rings (SSSR count). The summed E-state index contributed by atoms with van der Waals surface area (Å²) in [6.45, 7) is 6.32. The van der Waals surface area contributed by atoms with Crippen LogP contribution in [0, 0.1) is 19.7 Å². The van der Waals surface area contributed by atoms with Crippen molar-refractivity contribution in [2.45, 2.75) is 40.3 Å². The first-order chi connectivity index (χ1) is 13.0. The topological polar surface area (TPSA) is 82.2 Å². The minimum atomic E-state index is -0.415. The summed E-state index contributed by atoms with van der Waals surface area (Å²) < 4.78 is 25.8. The number of anilines is 1. The second-order valence-electron chi connectivity index (χ2n) is 6.16. The standard InChI is InChI=1S/C19H21FN4O3/c1-4-8-24-17(9-12(2)22-24)21-19(25)18-16(13(3)27-23-18)11-26-15-7-5-6-14(20)10-15/h5-7,9-10H,4,8,11H2,1-3H3,(H,21,25). The smallest absolute Gasteiger partial charge is 0.279 e. The van der Waals surface area contributed by atoms with E-state index in [2.05, 4.69) is 15.6 Å². The molecular weight excluding hydrogens is 351 g/mol. The van der Waals surface area contributed by atoms with E-state index in [1.165, 1.54) is 12.1 Å². The van der Waals surface area contributed by atoms with E-state index in [4.69, 9.17) is 9.26 Å². The number of benzene rings is 1. The zero-order valence-electron chi connectivity index (χ0n) is 15.5. The molecule has 1 N–H and O–H groups in total. The van der Waals surface area contributed by atoms with Crippen LogP contribution in [-0.2, 0) is 13.2 Å². The average molecular weight is 372 g/mol. The second kappa shape index (κ2) is 8.03. The van der Waals surface area contributed by atoms with Crippen LogP contribution in [0.3, 0.4) is 0 Å². The van der Waals surface area contributed by atoms with Gasteiger partial charge in [0.2, 0.25) is 0 Å². The van der Waals surface area contributed by atoms with Gasteiger partial charge in [0, 0.05) is 18.7 Å². The van der Waals surface area contributed by atoms with Crippen LogP contribution in [0.2, 0.25) is 0 Å². The van der Waals surface area contributed by atoms with Gasteiger partial charge in [-0.15, -0.1) is 0 Å². The highest BCUT2D eigenvalue weighted by molar-refractivity contribution is 6.03. The van der Waals surface area contributed by atoms with E-state index in [1.807, 2.05) is 13.8 Å². The summed E-state index contributed by atoms with van der Waals surface area (Å²) in [5.41, 5.74) is 1.45. The Bertz CT molecular complexity index is 948. The van der Waals surface area contributed by atoms with Crippen molar-refractivity contribution in [3.8, 4) is 5.75 Å². The van der Waals surface area contributed by atoms with Gasteiger partial charge in [0.1, 0.15) is 29.8 Å². The Morgan fingerprint density at radius 1 is 1.33 bits per heavy atom. The third-order valence-electron chi connectivity index (χ3n) is 3.96. The number of carbonyl (C=O) groups is 1. The predicted octanol–water partition coefficient (Wildman–Crippen LogP) is 3.87. The number of carbonyl (C=O) groups excluding carboxylic acids is 1. The SMILES string of the molecule is CCCn1nc(C)cc1NC(=O)c1noc(C)c1COc1cccc(F)c1. The van der Waals surface area contributed by atoms with E-state index >= 15 is 0 Å². The van der Waals surface area contributed by atoms with Crippen molar-refractivity contribution < 1.29 is 18.4 Å². The van der Waals surface area contributed by atoms with Gasteiger partial charge in [0.05, 0.1) is 11.3 Å². The molecule has 0 unspecified atom stereocenters. The molecule has 0 atom stereocenters. The number of nitrogens with one attached hydrogen (secondary N) is 1. The Hall–Kier alpha value is -3.16. The number of aromatic nitrogens is 3. The lowest BCUT2D eigenvalue weighted by molar-refractivity contribution is 0.101. The van der Waals surface area contributed by atoms with Crippen molar-refractivity contribution in [1.82, 2.24) is 14.9 Å². The van der Waals surface area contributed by atoms with E-state index in [0.29, 0.717) is 29.4 Å². The van der Waals surface area contributed by atoms with Gasteiger partial charge in [-0.1, -0.05) is 18.1 Å². The molecule has 0 radical (unpaired) electrons. The Kier molecular flexibility index (Phi) is 5.54. The Balaban J connectivity index is 1.76. The molecule has 3 aromatic rings. The fourth-order valence-electron chi connectivity index (χ4n) is 2.66. The molecule has 1 aromatic carbocycles. The van der Waals surface area contributed by atoms with Gasteiger partial charge < -0.3 is 14.6 Å². The van der Waals surface area contributed by atoms with Crippen LogP contribution < -0.4 is 10.1 Å². The third-order valence-corrected chi connectivity index (χ3v) is 3.96. The normalized spacial score (nSPS) is 10.8. The maximum absolute atomic E-state index is 13.3. The first-order valence-electron chi connectivity index (χ1n) is 8.67. The van der Waals surface area contributed by atoms with Gasteiger partial charge in [-0.25, -0.2) is 9.07 Å². The molecule has 2 aromatic heterocycles. The van der Waals surface area contributed by atoms with Crippen LogP contribution in [0.25, 0.3) is 0 Å². The molecule has 7 nitrogen and oxygen atoms in total. The van der Waals surface area contributed by atoms with E-state index in [0.717, 1.165) is 12.1 Å². The lowest BCUT2D eigenvalue weighted by Gasteiger charge is -2.08. The molecule has 8 heteroatoms. The van der Waals surface area contributed by atoms with Crippen molar-refractivity contribution in [3.63, 3.8) is 0 Å². The van der Waals surface area contributed by atoms with Crippen molar-refractivity contribution in [2.24, 2.45) is 0 Å². The van der Waals surface area contributed by atoms with E-state index < -0.39 is 11.7 Å². The number of ether oxygens (including phenoxy) is 1. The zero-order chi connectivity index (χ0) is 19.4. The highest BCUT2D eigenvalue weighted by Gasteiger charge is 2.22. The lowest BCUT2D eigenvalue weighted by Crippen LogP contribution is -2.18. The van der Waals surface area contributed by atoms with Gasteiger partial charge in [-0.2, -0.15) is 5.10 Å². The van der Waals surface area contributed by atoms with Gasteiger partial charge in [-0.3, -0.25) is 4.79 Å². The maximum Gasteiger partial charge on any atom is 0.279 e. The first kappa shape index (κ1) is 18.6. The number of hydrogen-bond acceptors (Lipinski definition) is 5. The molecule has 0 aliphatic rings. The van der Waals surface area contributed by atoms with Crippen molar-refractivity contribution in [1.29, 1.82) is 0 Å². The molecule has 2 heterocycles. The fraction of sp³-hybridized carbons (Fsp3) is 0.316. The van der Waals surface area contributed by atoms with Crippen LogP contribution in [0.15, 0.2) is 34.9 Å². The van der Waals surface area contributed by atoms with Gasteiger partial charge in [0.25, 0.3) is 5.91 Å². The number of halogens is 1. The summed E-state index contributed by atoms with van der Waals surface area (Å²) in [5, 5.41) is 11.0. The van der Waals surface area contributed by atoms with E-state index in [1.54, 1.807) is 29.8 Å². The zero-order valence-corrected chi connectivity index (χ0v) is 15.5. The van der Waals surface area contributed by atoms with Crippen LogP contribution in [0.5, 0.6) is 5.75 Å². The van der Waals surface area contributed by atoms with Crippen molar-refractivity contribution in [2.75, 3.05) is 5.32 Å². The quantitative estimate of drug-likeness (QED) is 0.681. The van der Waals surface area contributed by atoms with E-state index in [9.17, 15) is 9.18 Å². The fourth-order valence-corrected chi connectivity index (χ4v) is 2.66. The third kappa shape index (κ3) is 4.33. The highest BCUT2D eigenvalue weighted by atomic mass is 19.1. The summed E-state index contributed by atoms with van der Waals surface area (Å²) in [4.78, 5) is 12.7. The average Bonchev–Trinajstić information content (AvgIpc) is 3.16.